The summed E-state index contributed by atoms with van der Waals surface area (Å²) < 4.78 is 17.7. The van der Waals surface area contributed by atoms with E-state index in [2.05, 4.69) is 37.6 Å². The number of piperazine rings is 1. The first-order valence-electron chi connectivity index (χ1n) is 14.5. The second-order valence-electron chi connectivity index (χ2n) is 12.2. The molecule has 3 aliphatic rings. The van der Waals surface area contributed by atoms with Crippen LogP contribution in [0.3, 0.4) is 0 Å². The third kappa shape index (κ3) is 4.91. The number of likely N-dealkylation sites (N-methyl/N-ethyl adjacent to an activating group) is 1. The van der Waals surface area contributed by atoms with E-state index in [-0.39, 0.29) is 23.3 Å². The molecule has 2 heterocycles. The predicted molar refractivity (Wildman–Crippen MR) is 159 cm³/mol. The van der Waals surface area contributed by atoms with Crippen LogP contribution in [0.25, 0.3) is 0 Å². The Labute approximate surface area is 238 Å². The number of nitrogens with zero attached hydrogens (tertiary/aromatic N) is 3. The van der Waals surface area contributed by atoms with Gasteiger partial charge >= 0.3 is 0 Å². The maximum absolute atomic E-state index is 14.1. The van der Waals surface area contributed by atoms with Crippen LogP contribution >= 0.6 is 0 Å². The van der Waals surface area contributed by atoms with Crippen LogP contribution in [0.5, 0.6) is 17.2 Å². The minimum Gasteiger partial charge on any atom is -0.494 e. The van der Waals surface area contributed by atoms with Crippen molar-refractivity contribution in [3.05, 3.63) is 46.5 Å². The van der Waals surface area contributed by atoms with Crippen LogP contribution in [0.2, 0.25) is 0 Å². The van der Waals surface area contributed by atoms with E-state index in [0.717, 1.165) is 67.1 Å². The molecule has 216 valence electrons. The molecule has 0 aromatic heterocycles. The Balaban J connectivity index is 1.50. The van der Waals surface area contributed by atoms with Crippen LogP contribution in [0.15, 0.2) is 24.3 Å². The molecule has 0 radical (unpaired) electrons. The van der Waals surface area contributed by atoms with Crippen LogP contribution in [0.4, 0.5) is 5.69 Å². The smallest absolute Gasteiger partial charge is 0.182 e. The lowest BCUT2D eigenvalue weighted by Gasteiger charge is -2.36. The van der Waals surface area contributed by atoms with Gasteiger partial charge in [-0.2, -0.15) is 0 Å². The summed E-state index contributed by atoms with van der Waals surface area (Å²) in [6.07, 6.45) is 1.83. The average Bonchev–Trinajstić information content (AvgIpc) is 3.69. The van der Waals surface area contributed by atoms with E-state index in [9.17, 15) is 4.79 Å². The molecule has 1 aliphatic carbocycles. The molecular formula is C32H44N4O4. The Morgan fingerprint density at radius 3 is 2.15 bits per heavy atom. The molecule has 5 rings (SSSR count). The first kappa shape index (κ1) is 28.3. The number of anilines is 1. The number of fused-ring (bicyclic) bond motifs is 2. The number of Topliss-reactive ketones (excluding diaryl/α,β-unsaturated/α-hetero) is 1. The molecule has 0 atom stereocenters. The van der Waals surface area contributed by atoms with Crippen molar-refractivity contribution >= 4 is 17.3 Å². The summed E-state index contributed by atoms with van der Waals surface area (Å²) in [5.74, 6) is 2.60. The average molecular weight is 549 g/mol. The lowest BCUT2D eigenvalue weighted by Crippen LogP contribution is -2.44. The number of rotatable bonds is 9. The normalized spacial score (nSPS) is 18.2. The molecule has 1 saturated carbocycles. The highest BCUT2D eigenvalue weighted by molar-refractivity contribution is 6.07. The third-order valence-electron chi connectivity index (χ3n) is 8.50. The largest absolute Gasteiger partial charge is 0.494 e. The molecule has 0 amide bonds. The summed E-state index contributed by atoms with van der Waals surface area (Å²) >= 11 is 0. The fourth-order valence-electron chi connectivity index (χ4n) is 6.13. The van der Waals surface area contributed by atoms with Crippen molar-refractivity contribution in [2.45, 2.75) is 58.4 Å². The van der Waals surface area contributed by atoms with Crippen LogP contribution in [0, 0.1) is 5.41 Å². The van der Waals surface area contributed by atoms with Gasteiger partial charge in [-0.25, -0.2) is 0 Å². The van der Waals surface area contributed by atoms with Gasteiger partial charge in [-0.3, -0.25) is 10.2 Å². The highest BCUT2D eigenvalue weighted by atomic mass is 16.5. The van der Waals surface area contributed by atoms with Gasteiger partial charge in [0.15, 0.2) is 17.3 Å². The Hall–Kier alpha value is -3.26. The van der Waals surface area contributed by atoms with E-state index in [1.165, 1.54) is 0 Å². The monoisotopic (exact) mass is 548 g/mol. The lowest BCUT2D eigenvalue weighted by molar-refractivity contribution is 0.0943. The van der Waals surface area contributed by atoms with Gasteiger partial charge < -0.3 is 28.9 Å². The molecule has 0 unspecified atom stereocenters. The Morgan fingerprint density at radius 1 is 0.975 bits per heavy atom. The third-order valence-corrected chi connectivity index (χ3v) is 8.50. The zero-order valence-corrected chi connectivity index (χ0v) is 25.1. The Kier molecular flexibility index (Phi) is 7.50. The van der Waals surface area contributed by atoms with Crippen LogP contribution in [-0.4, -0.2) is 81.5 Å². The van der Waals surface area contributed by atoms with Gasteiger partial charge in [-0.05, 0) is 69.0 Å². The zero-order valence-electron chi connectivity index (χ0n) is 25.1. The quantitative estimate of drug-likeness (QED) is 0.439. The van der Waals surface area contributed by atoms with Crippen LogP contribution in [0.1, 0.15) is 74.5 Å². The van der Waals surface area contributed by atoms with Gasteiger partial charge in [-0.1, -0.05) is 20.8 Å². The molecule has 1 N–H and O–H groups in total. The number of hydrogen-bond donors (Lipinski definition) is 1. The van der Waals surface area contributed by atoms with Crippen molar-refractivity contribution in [3.63, 3.8) is 0 Å². The molecule has 1 saturated heterocycles. The first-order chi connectivity index (χ1) is 19.0. The zero-order chi connectivity index (χ0) is 28.8. The molecule has 8 nitrogen and oxygen atoms in total. The van der Waals surface area contributed by atoms with E-state index in [4.69, 9.17) is 19.6 Å². The molecule has 40 heavy (non-hydrogen) atoms. The summed E-state index contributed by atoms with van der Waals surface area (Å²) in [4.78, 5) is 20.7. The minimum absolute atomic E-state index is 0.0161. The Morgan fingerprint density at radius 2 is 1.60 bits per heavy atom. The van der Waals surface area contributed by atoms with Crippen LogP contribution < -0.4 is 19.1 Å². The minimum atomic E-state index is -0.321. The number of amidine groups is 1. The van der Waals surface area contributed by atoms with E-state index in [1.807, 2.05) is 43.0 Å². The van der Waals surface area contributed by atoms with Crippen molar-refractivity contribution in [3.8, 4) is 17.2 Å². The van der Waals surface area contributed by atoms with Crippen LogP contribution in [-0.2, 0) is 11.0 Å². The van der Waals surface area contributed by atoms with Gasteiger partial charge in [-0.15, -0.1) is 0 Å². The topological polar surface area (TPSA) is 78.3 Å². The fourth-order valence-corrected chi connectivity index (χ4v) is 6.13. The van der Waals surface area contributed by atoms with Gasteiger partial charge in [0.2, 0.25) is 0 Å². The second kappa shape index (κ2) is 10.6. The maximum Gasteiger partial charge on any atom is 0.182 e. The molecule has 2 aliphatic heterocycles. The first-order valence-corrected chi connectivity index (χ1v) is 14.5. The number of nitrogens with one attached hydrogen (secondary N) is 1. The fraction of sp³-hybridized carbons (Fsp3) is 0.562. The second-order valence-corrected chi connectivity index (χ2v) is 12.2. The summed E-state index contributed by atoms with van der Waals surface area (Å²) in [7, 11) is 3.86. The summed E-state index contributed by atoms with van der Waals surface area (Å²) in [6.45, 7) is 15.3. The van der Waals surface area contributed by atoms with Crippen molar-refractivity contribution in [2.24, 2.45) is 0 Å². The number of hydrogen-bond acceptors (Lipinski definition) is 7. The van der Waals surface area contributed by atoms with E-state index >= 15 is 0 Å². The number of carbonyl (C=O) groups is 1. The standard InChI is InChI=1S/C32H44N4O4/c1-8-39-27-18-22-23(19-28(27)40-9-2)32(10-11-32)36(30(22)33)20-26(37)21-16-24(31(3,4)5)29(38-7)25(17-21)35-14-12-34(6)13-15-35/h16-19,33H,8-15,20H2,1-7H3. The SMILES string of the molecule is CCOc1cc2c(cc1OCC)C1(CC1)N(CC(=O)c1cc(N3CCN(C)CC3)c(OC)c(C(C)(C)C)c1)C2=N. The number of ketones is 1. The summed E-state index contributed by atoms with van der Waals surface area (Å²) in [5.41, 5.74) is 4.06. The lowest BCUT2D eigenvalue weighted by atomic mass is 9.84. The highest BCUT2D eigenvalue weighted by Crippen LogP contribution is 2.58. The molecule has 2 fully saturated rings. The Bertz CT molecular complexity index is 1300. The number of benzene rings is 2. The molecule has 1 spiro atoms. The van der Waals surface area contributed by atoms with Gasteiger partial charge in [0.1, 0.15) is 11.6 Å². The predicted octanol–water partition coefficient (Wildman–Crippen LogP) is 5.05. The number of carbonyl (C=O) groups excluding carboxylic acids is 1. The molecular weight excluding hydrogens is 504 g/mol. The maximum atomic E-state index is 14.1. The molecule has 0 bridgehead atoms. The summed E-state index contributed by atoms with van der Waals surface area (Å²) in [5, 5.41) is 9.11. The van der Waals surface area contributed by atoms with Crippen molar-refractivity contribution in [1.29, 1.82) is 5.41 Å². The molecule has 2 aromatic carbocycles. The van der Waals surface area contributed by atoms with Gasteiger partial charge in [0.05, 0.1) is 38.1 Å². The molecule has 2 aromatic rings. The summed E-state index contributed by atoms with van der Waals surface area (Å²) in [6, 6.07) is 7.97. The molecule has 8 heteroatoms. The number of methoxy groups -OCH3 is 1. The van der Waals surface area contributed by atoms with E-state index in [1.54, 1.807) is 7.11 Å². The van der Waals surface area contributed by atoms with E-state index < -0.39 is 0 Å². The highest BCUT2D eigenvalue weighted by Gasteiger charge is 2.57. The number of ether oxygens (including phenoxy) is 3. The van der Waals surface area contributed by atoms with Crippen molar-refractivity contribution in [1.82, 2.24) is 9.80 Å². The van der Waals surface area contributed by atoms with E-state index in [0.29, 0.717) is 36.1 Å². The van der Waals surface area contributed by atoms with Crippen molar-refractivity contribution < 1.29 is 19.0 Å². The van der Waals surface area contributed by atoms with Gasteiger partial charge in [0.25, 0.3) is 0 Å². The van der Waals surface area contributed by atoms with Crippen molar-refractivity contribution in [2.75, 3.05) is 65.0 Å². The van der Waals surface area contributed by atoms with Gasteiger partial charge in [0, 0.05) is 42.9 Å².